The lowest BCUT2D eigenvalue weighted by Crippen LogP contribution is -2.13. The Balaban J connectivity index is 2.32. The molecule has 0 aromatic heterocycles. The van der Waals surface area contributed by atoms with Gasteiger partial charge in [-0.05, 0) is 36.8 Å². The number of nitro groups is 1. The normalized spacial score (nSPS) is 10.1. The van der Waals surface area contributed by atoms with Gasteiger partial charge in [0.05, 0.1) is 12.0 Å². The van der Waals surface area contributed by atoms with E-state index < -0.39 is 10.8 Å². The Morgan fingerprint density at radius 1 is 1.27 bits per heavy atom. The molecule has 1 N–H and O–H groups in total. The smallest absolute Gasteiger partial charge is 0.311 e. The fourth-order valence-electron chi connectivity index (χ4n) is 1.90. The minimum atomic E-state index is -0.597. The number of methoxy groups -OCH3 is 1. The van der Waals surface area contributed by atoms with Crippen LogP contribution < -0.4 is 10.1 Å². The summed E-state index contributed by atoms with van der Waals surface area (Å²) in [6, 6.07) is 9.12. The third-order valence-corrected chi connectivity index (χ3v) is 3.32. The molecule has 0 unspecified atom stereocenters. The molecule has 2 rings (SSSR count). The first-order chi connectivity index (χ1) is 10.4. The van der Waals surface area contributed by atoms with Crippen LogP contribution in [0.1, 0.15) is 15.9 Å². The lowest BCUT2D eigenvalue weighted by atomic mass is 10.1. The summed E-state index contributed by atoms with van der Waals surface area (Å²) in [5, 5.41) is 14.2. The van der Waals surface area contributed by atoms with Gasteiger partial charge in [0.15, 0.2) is 5.75 Å². The Kier molecular flexibility index (Phi) is 4.62. The van der Waals surface area contributed by atoms with E-state index in [-0.39, 0.29) is 17.0 Å². The predicted molar refractivity (Wildman–Crippen MR) is 83.8 cm³/mol. The minimum Gasteiger partial charge on any atom is -0.490 e. The van der Waals surface area contributed by atoms with Crippen LogP contribution in [0.2, 0.25) is 5.02 Å². The van der Waals surface area contributed by atoms with E-state index in [9.17, 15) is 14.9 Å². The average molecular weight is 321 g/mol. The minimum absolute atomic E-state index is 0.0977. The molecule has 2 aromatic rings. The van der Waals surface area contributed by atoms with E-state index in [2.05, 4.69) is 5.32 Å². The topological polar surface area (TPSA) is 81.5 Å². The van der Waals surface area contributed by atoms with Gasteiger partial charge in [-0.15, -0.1) is 0 Å². The fourth-order valence-corrected chi connectivity index (χ4v) is 2.07. The Morgan fingerprint density at radius 3 is 2.64 bits per heavy atom. The average Bonchev–Trinajstić information content (AvgIpc) is 2.50. The second-order valence-corrected chi connectivity index (χ2v) is 4.99. The highest BCUT2D eigenvalue weighted by atomic mass is 35.5. The van der Waals surface area contributed by atoms with Crippen molar-refractivity contribution in [3.63, 3.8) is 0 Å². The number of carbonyl (C=O) groups excluding carboxylic acids is 1. The molecule has 1 amide bonds. The molecule has 0 radical (unpaired) electrons. The summed E-state index contributed by atoms with van der Waals surface area (Å²) in [6.45, 7) is 1.82. The lowest BCUT2D eigenvalue weighted by Gasteiger charge is -2.09. The Labute approximate surface area is 131 Å². The van der Waals surface area contributed by atoms with Crippen molar-refractivity contribution in [1.82, 2.24) is 0 Å². The third-order valence-electron chi connectivity index (χ3n) is 3.09. The third kappa shape index (κ3) is 3.35. The maximum absolute atomic E-state index is 12.2. The van der Waals surface area contributed by atoms with Gasteiger partial charge in [0.2, 0.25) is 0 Å². The number of rotatable bonds is 4. The number of benzene rings is 2. The molecule has 0 saturated heterocycles. The van der Waals surface area contributed by atoms with E-state index in [1.165, 1.54) is 25.3 Å². The molecule has 22 heavy (non-hydrogen) atoms. The van der Waals surface area contributed by atoms with Crippen LogP contribution in [0.5, 0.6) is 5.75 Å². The van der Waals surface area contributed by atoms with Crippen molar-refractivity contribution in [3.8, 4) is 5.75 Å². The first-order valence-corrected chi connectivity index (χ1v) is 6.70. The Morgan fingerprint density at radius 2 is 2.00 bits per heavy atom. The van der Waals surface area contributed by atoms with E-state index in [1.54, 1.807) is 18.2 Å². The number of carbonyl (C=O) groups is 1. The summed E-state index contributed by atoms with van der Waals surface area (Å²) < 4.78 is 4.90. The van der Waals surface area contributed by atoms with Crippen molar-refractivity contribution < 1.29 is 14.5 Å². The van der Waals surface area contributed by atoms with Gasteiger partial charge in [-0.3, -0.25) is 14.9 Å². The van der Waals surface area contributed by atoms with Gasteiger partial charge < -0.3 is 10.1 Å². The summed E-state index contributed by atoms with van der Waals surface area (Å²) in [5.74, 6) is -0.364. The number of ether oxygens (including phenoxy) is 1. The molecule has 0 bridgehead atoms. The van der Waals surface area contributed by atoms with Gasteiger partial charge in [0.1, 0.15) is 0 Å². The van der Waals surface area contributed by atoms with Crippen molar-refractivity contribution in [3.05, 3.63) is 62.7 Å². The molecule has 0 aliphatic heterocycles. The van der Waals surface area contributed by atoms with E-state index in [0.717, 1.165) is 5.56 Å². The number of hydrogen-bond donors (Lipinski definition) is 1. The lowest BCUT2D eigenvalue weighted by molar-refractivity contribution is -0.385. The molecule has 0 heterocycles. The summed E-state index contributed by atoms with van der Waals surface area (Å²) in [6.07, 6.45) is 0. The molecule has 6 nitrogen and oxygen atoms in total. The van der Waals surface area contributed by atoms with Crippen LogP contribution in [0.25, 0.3) is 0 Å². The monoisotopic (exact) mass is 320 g/mol. The molecule has 0 fully saturated rings. The fraction of sp³-hybridized carbons (Fsp3) is 0.133. The first-order valence-electron chi connectivity index (χ1n) is 6.32. The Hall–Kier alpha value is -2.60. The van der Waals surface area contributed by atoms with Crippen LogP contribution in [0.15, 0.2) is 36.4 Å². The van der Waals surface area contributed by atoms with Crippen LogP contribution in [0.4, 0.5) is 11.4 Å². The maximum Gasteiger partial charge on any atom is 0.311 e. The van der Waals surface area contributed by atoms with Crippen LogP contribution in [-0.2, 0) is 0 Å². The van der Waals surface area contributed by atoms with Crippen molar-refractivity contribution in [1.29, 1.82) is 0 Å². The zero-order chi connectivity index (χ0) is 16.3. The summed E-state index contributed by atoms with van der Waals surface area (Å²) in [7, 11) is 1.33. The molecule has 2 aromatic carbocycles. The number of hydrogen-bond acceptors (Lipinski definition) is 4. The number of nitrogens with zero attached hydrogens (tertiary/aromatic N) is 1. The zero-order valence-corrected chi connectivity index (χ0v) is 12.7. The predicted octanol–water partition coefficient (Wildman–Crippen LogP) is 3.82. The molecule has 0 spiro atoms. The molecular formula is C15H13ClN2O4. The summed E-state index contributed by atoms with van der Waals surface area (Å²) in [4.78, 5) is 22.6. The van der Waals surface area contributed by atoms with Gasteiger partial charge in [-0.25, -0.2) is 0 Å². The van der Waals surface area contributed by atoms with Crippen LogP contribution in [0.3, 0.4) is 0 Å². The highest BCUT2D eigenvalue weighted by Gasteiger charge is 2.18. The standard InChI is InChI=1S/C15H13ClN2O4/c1-9-3-5-11(16)8-12(9)17-15(19)10-4-6-14(22-2)13(7-10)18(20)21/h3-8H,1-2H3,(H,17,19). The van der Waals surface area contributed by atoms with E-state index in [4.69, 9.17) is 16.3 Å². The van der Waals surface area contributed by atoms with Crippen molar-refractivity contribution in [2.75, 3.05) is 12.4 Å². The molecule has 0 saturated carbocycles. The van der Waals surface area contributed by atoms with Crippen LogP contribution in [0, 0.1) is 17.0 Å². The van der Waals surface area contributed by atoms with E-state index >= 15 is 0 Å². The van der Waals surface area contributed by atoms with Crippen LogP contribution >= 0.6 is 11.6 Å². The largest absolute Gasteiger partial charge is 0.490 e. The van der Waals surface area contributed by atoms with E-state index in [0.29, 0.717) is 10.7 Å². The van der Waals surface area contributed by atoms with Crippen LogP contribution in [-0.4, -0.2) is 17.9 Å². The second kappa shape index (κ2) is 6.44. The summed E-state index contributed by atoms with van der Waals surface area (Å²) in [5.41, 5.74) is 1.28. The summed E-state index contributed by atoms with van der Waals surface area (Å²) >= 11 is 5.90. The van der Waals surface area contributed by atoms with E-state index in [1.807, 2.05) is 6.92 Å². The molecule has 0 atom stereocenters. The Bertz CT molecular complexity index is 746. The van der Waals surface area contributed by atoms with Gasteiger partial charge >= 0.3 is 5.69 Å². The quantitative estimate of drug-likeness (QED) is 0.686. The van der Waals surface area contributed by atoms with Gasteiger partial charge in [-0.2, -0.15) is 0 Å². The molecule has 0 aliphatic carbocycles. The molecule has 0 aliphatic rings. The van der Waals surface area contributed by atoms with Gasteiger partial charge in [0, 0.05) is 22.3 Å². The number of aryl methyl sites for hydroxylation is 1. The van der Waals surface area contributed by atoms with Crippen molar-refractivity contribution >= 4 is 28.9 Å². The zero-order valence-electron chi connectivity index (χ0n) is 11.9. The number of anilines is 1. The molecular weight excluding hydrogens is 308 g/mol. The SMILES string of the molecule is COc1ccc(C(=O)Nc2cc(Cl)ccc2C)cc1[N+](=O)[O-]. The van der Waals surface area contributed by atoms with Gasteiger partial charge in [0.25, 0.3) is 5.91 Å². The number of amides is 1. The molecule has 7 heteroatoms. The first kappa shape index (κ1) is 15.8. The van der Waals surface area contributed by atoms with Gasteiger partial charge in [-0.1, -0.05) is 17.7 Å². The number of nitrogens with one attached hydrogen (secondary N) is 1. The second-order valence-electron chi connectivity index (χ2n) is 4.56. The van der Waals surface area contributed by atoms with Crippen molar-refractivity contribution in [2.24, 2.45) is 0 Å². The van der Waals surface area contributed by atoms with Crippen molar-refractivity contribution in [2.45, 2.75) is 6.92 Å². The molecule has 114 valence electrons. The highest BCUT2D eigenvalue weighted by Crippen LogP contribution is 2.28. The number of nitro benzene ring substituents is 1. The maximum atomic E-state index is 12.2. The highest BCUT2D eigenvalue weighted by molar-refractivity contribution is 6.31. The number of halogens is 1.